The molecule has 0 amide bonds. The Labute approximate surface area is 102 Å². The molecule has 0 fully saturated rings. The number of benzene rings is 1. The highest BCUT2D eigenvalue weighted by atomic mass is 16.1. The SMILES string of the molecule is CC.O=c1cc(NCc2ccccc2)cc[nH]1. The van der Waals surface area contributed by atoms with Crippen LogP contribution in [0.5, 0.6) is 0 Å². The Bertz CT molecular complexity index is 477. The largest absolute Gasteiger partial charge is 0.381 e. The third kappa shape index (κ3) is 4.55. The summed E-state index contributed by atoms with van der Waals surface area (Å²) in [6.07, 6.45) is 1.63. The number of nitrogens with one attached hydrogen (secondary N) is 2. The maximum atomic E-state index is 11.0. The summed E-state index contributed by atoms with van der Waals surface area (Å²) < 4.78 is 0. The monoisotopic (exact) mass is 230 g/mol. The second-order valence-electron chi connectivity index (χ2n) is 3.28. The molecule has 0 saturated carbocycles. The fraction of sp³-hybridized carbons (Fsp3) is 0.214. The van der Waals surface area contributed by atoms with Crippen molar-refractivity contribution in [2.24, 2.45) is 0 Å². The van der Waals surface area contributed by atoms with Crippen molar-refractivity contribution in [3.8, 4) is 0 Å². The summed E-state index contributed by atoms with van der Waals surface area (Å²) in [6.45, 7) is 4.73. The average molecular weight is 230 g/mol. The first-order chi connectivity index (χ1) is 8.34. The number of anilines is 1. The lowest BCUT2D eigenvalue weighted by molar-refractivity contribution is 1.13. The summed E-state index contributed by atoms with van der Waals surface area (Å²) in [6, 6.07) is 13.4. The maximum absolute atomic E-state index is 11.0. The molecule has 90 valence electrons. The molecule has 1 aromatic heterocycles. The fourth-order valence-electron chi connectivity index (χ4n) is 1.35. The highest BCUT2D eigenvalue weighted by molar-refractivity contribution is 5.41. The van der Waals surface area contributed by atoms with Gasteiger partial charge in [0.25, 0.3) is 0 Å². The Kier molecular flexibility index (Phi) is 5.58. The van der Waals surface area contributed by atoms with Crippen molar-refractivity contribution in [1.29, 1.82) is 0 Å². The van der Waals surface area contributed by atoms with Gasteiger partial charge in [0.15, 0.2) is 0 Å². The average Bonchev–Trinajstić information content (AvgIpc) is 2.40. The Hall–Kier alpha value is -2.03. The molecule has 2 rings (SSSR count). The maximum Gasteiger partial charge on any atom is 0.249 e. The predicted molar refractivity (Wildman–Crippen MR) is 72.2 cm³/mol. The van der Waals surface area contributed by atoms with Crippen molar-refractivity contribution in [3.63, 3.8) is 0 Å². The van der Waals surface area contributed by atoms with E-state index >= 15 is 0 Å². The molecule has 1 aromatic carbocycles. The molecule has 0 aliphatic heterocycles. The molecule has 0 aliphatic rings. The first-order valence-corrected chi connectivity index (χ1v) is 5.81. The number of rotatable bonds is 3. The second-order valence-corrected chi connectivity index (χ2v) is 3.28. The molecule has 3 heteroatoms. The van der Waals surface area contributed by atoms with Gasteiger partial charge in [-0.1, -0.05) is 44.2 Å². The highest BCUT2D eigenvalue weighted by Crippen LogP contribution is 2.05. The molecule has 0 unspecified atom stereocenters. The Morgan fingerprint density at radius 3 is 2.47 bits per heavy atom. The topological polar surface area (TPSA) is 44.9 Å². The van der Waals surface area contributed by atoms with Crippen LogP contribution in [0.3, 0.4) is 0 Å². The van der Waals surface area contributed by atoms with Crippen LogP contribution in [0.4, 0.5) is 5.69 Å². The van der Waals surface area contributed by atoms with Crippen LogP contribution in [0.25, 0.3) is 0 Å². The van der Waals surface area contributed by atoms with Crippen LogP contribution < -0.4 is 10.9 Å². The minimum absolute atomic E-state index is 0.0898. The summed E-state index contributed by atoms with van der Waals surface area (Å²) in [4.78, 5) is 13.6. The normalized spacial score (nSPS) is 9.06. The standard InChI is InChI=1S/C12H12N2O.C2H6/c15-12-8-11(6-7-13-12)14-9-10-4-2-1-3-5-10;1-2/h1-8H,9H2,(H2,13,14,15);1-2H3. The van der Waals surface area contributed by atoms with Crippen molar-refractivity contribution in [2.75, 3.05) is 5.32 Å². The van der Waals surface area contributed by atoms with Gasteiger partial charge in [-0.25, -0.2) is 0 Å². The number of aromatic amines is 1. The minimum Gasteiger partial charge on any atom is -0.381 e. The summed E-state index contributed by atoms with van der Waals surface area (Å²) in [5, 5.41) is 3.18. The van der Waals surface area contributed by atoms with E-state index in [0.717, 1.165) is 12.2 Å². The lowest BCUT2D eigenvalue weighted by atomic mass is 10.2. The Balaban J connectivity index is 0.000000686. The van der Waals surface area contributed by atoms with Crippen molar-refractivity contribution in [1.82, 2.24) is 4.98 Å². The number of hydrogen-bond donors (Lipinski definition) is 2. The quantitative estimate of drug-likeness (QED) is 0.851. The van der Waals surface area contributed by atoms with E-state index in [0.29, 0.717) is 0 Å². The lowest BCUT2D eigenvalue weighted by Gasteiger charge is -2.05. The minimum atomic E-state index is -0.0898. The van der Waals surface area contributed by atoms with Crippen molar-refractivity contribution in [3.05, 3.63) is 64.6 Å². The molecule has 0 radical (unpaired) electrons. The molecule has 0 bridgehead atoms. The molecular weight excluding hydrogens is 212 g/mol. The second kappa shape index (κ2) is 7.28. The van der Waals surface area contributed by atoms with E-state index in [1.165, 1.54) is 5.56 Å². The van der Waals surface area contributed by atoms with Crippen LogP contribution in [-0.4, -0.2) is 4.98 Å². The third-order valence-corrected chi connectivity index (χ3v) is 2.11. The highest BCUT2D eigenvalue weighted by Gasteiger charge is 1.93. The number of H-pyrrole nitrogens is 1. The Morgan fingerprint density at radius 2 is 1.82 bits per heavy atom. The van der Waals surface area contributed by atoms with Crippen molar-refractivity contribution < 1.29 is 0 Å². The van der Waals surface area contributed by atoms with Crippen LogP contribution in [0, 0.1) is 0 Å². The summed E-state index contributed by atoms with van der Waals surface area (Å²) >= 11 is 0. The molecule has 2 aromatic rings. The van der Waals surface area contributed by atoms with Gasteiger partial charge in [-0.2, -0.15) is 0 Å². The van der Waals surface area contributed by atoms with E-state index in [1.54, 1.807) is 12.3 Å². The van der Waals surface area contributed by atoms with E-state index in [4.69, 9.17) is 0 Å². The first-order valence-electron chi connectivity index (χ1n) is 5.81. The zero-order chi connectivity index (χ0) is 12.5. The van der Waals surface area contributed by atoms with Crippen LogP contribution in [0.2, 0.25) is 0 Å². The summed E-state index contributed by atoms with van der Waals surface area (Å²) in [7, 11) is 0. The summed E-state index contributed by atoms with van der Waals surface area (Å²) in [5.74, 6) is 0. The van der Waals surface area contributed by atoms with Gasteiger partial charge in [-0.15, -0.1) is 0 Å². The van der Waals surface area contributed by atoms with E-state index in [1.807, 2.05) is 50.2 Å². The molecule has 0 spiro atoms. The molecule has 17 heavy (non-hydrogen) atoms. The van der Waals surface area contributed by atoms with Gasteiger partial charge < -0.3 is 10.3 Å². The number of aromatic nitrogens is 1. The zero-order valence-corrected chi connectivity index (χ0v) is 10.2. The molecule has 0 aliphatic carbocycles. The molecule has 1 heterocycles. The van der Waals surface area contributed by atoms with Crippen LogP contribution in [-0.2, 0) is 6.54 Å². The Morgan fingerprint density at radius 1 is 1.12 bits per heavy atom. The van der Waals surface area contributed by atoms with Gasteiger partial charge >= 0.3 is 0 Å². The van der Waals surface area contributed by atoms with E-state index in [-0.39, 0.29) is 5.56 Å². The number of hydrogen-bond acceptors (Lipinski definition) is 2. The molecular formula is C14H18N2O. The lowest BCUT2D eigenvalue weighted by Crippen LogP contribution is -2.06. The van der Waals surface area contributed by atoms with Gasteiger partial charge in [0.1, 0.15) is 0 Å². The van der Waals surface area contributed by atoms with Crippen LogP contribution in [0.15, 0.2) is 53.5 Å². The van der Waals surface area contributed by atoms with Gasteiger partial charge in [0, 0.05) is 24.5 Å². The summed E-state index contributed by atoms with van der Waals surface area (Å²) in [5.41, 5.74) is 1.94. The van der Waals surface area contributed by atoms with E-state index in [9.17, 15) is 4.79 Å². The van der Waals surface area contributed by atoms with E-state index in [2.05, 4.69) is 10.3 Å². The van der Waals surface area contributed by atoms with Gasteiger partial charge in [0.2, 0.25) is 5.56 Å². The van der Waals surface area contributed by atoms with Crippen molar-refractivity contribution >= 4 is 5.69 Å². The molecule has 0 saturated heterocycles. The predicted octanol–water partition coefficient (Wildman–Crippen LogP) is 3.01. The van der Waals surface area contributed by atoms with Gasteiger partial charge in [-0.3, -0.25) is 4.79 Å². The van der Waals surface area contributed by atoms with Gasteiger partial charge in [-0.05, 0) is 11.6 Å². The van der Waals surface area contributed by atoms with Crippen LogP contribution in [0.1, 0.15) is 19.4 Å². The molecule has 0 atom stereocenters. The smallest absolute Gasteiger partial charge is 0.249 e. The third-order valence-electron chi connectivity index (χ3n) is 2.11. The zero-order valence-electron chi connectivity index (χ0n) is 10.2. The molecule has 2 N–H and O–H groups in total. The van der Waals surface area contributed by atoms with Gasteiger partial charge in [0.05, 0.1) is 0 Å². The van der Waals surface area contributed by atoms with Crippen molar-refractivity contribution in [2.45, 2.75) is 20.4 Å². The number of pyridine rings is 1. The van der Waals surface area contributed by atoms with E-state index < -0.39 is 0 Å². The molecule has 3 nitrogen and oxygen atoms in total. The fourth-order valence-corrected chi connectivity index (χ4v) is 1.35. The van der Waals surface area contributed by atoms with Crippen LogP contribution >= 0.6 is 0 Å². The first kappa shape index (κ1) is 13.0.